The van der Waals surface area contributed by atoms with Gasteiger partial charge in [0.2, 0.25) is 0 Å². The lowest BCUT2D eigenvalue weighted by molar-refractivity contribution is -0.00831. The van der Waals surface area contributed by atoms with E-state index in [2.05, 4.69) is 15.4 Å². The van der Waals surface area contributed by atoms with Gasteiger partial charge in [-0.25, -0.2) is 4.98 Å². The van der Waals surface area contributed by atoms with Crippen LogP contribution in [-0.4, -0.2) is 36.4 Å². The van der Waals surface area contributed by atoms with E-state index in [-0.39, 0.29) is 18.2 Å². The van der Waals surface area contributed by atoms with Gasteiger partial charge in [-0.2, -0.15) is 5.10 Å². The maximum absolute atomic E-state index is 9.94. The number of imidazole rings is 1. The van der Waals surface area contributed by atoms with E-state index in [1.54, 1.807) is 6.20 Å². The summed E-state index contributed by atoms with van der Waals surface area (Å²) in [5, 5.41) is 17.6. The van der Waals surface area contributed by atoms with Crippen LogP contribution in [0.5, 0.6) is 0 Å². The monoisotopic (exact) mass is 283 g/mol. The molecule has 0 bridgehead atoms. The molecule has 108 valence electrons. The molecule has 2 N–H and O–H groups in total. The van der Waals surface area contributed by atoms with Crippen LogP contribution in [-0.2, 0) is 6.54 Å². The summed E-state index contributed by atoms with van der Waals surface area (Å²) in [6.45, 7) is 0.691. The molecule has 0 unspecified atom stereocenters. The molecule has 0 saturated heterocycles. The number of pyridine rings is 1. The number of nitrogens with one attached hydrogen (secondary N) is 1. The first kappa shape index (κ1) is 12.6. The zero-order valence-corrected chi connectivity index (χ0v) is 11.5. The minimum atomic E-state index is -0.330. The van der Waals surface area contributed by atoms with E-state index in [0.717, 1.165) is 17.8 Å². The Bertz CT molecular complexity index is 702. The second-order valence-corrected chi connectivity index (χ2v) is 5.47. The van der Waals surface area contributed by atoms with Gasteiger partial charge in [-0.15, -0.1) is 0 Å². The Labute approximate surface area is 122 Å². The Morgan fingerprint density at radius 1 is 1.29 bits per heavy atom. The van der Waals surface area contributed by atoms with Gasteiger partial charge in [-0.05, 0) is 24.6 Å². The highest BCUT2D eigenvalue weighted by molar-refractivity contribution is 5.39. The van der Waals surface area contributed by atoms with Gasteiger partial charge in [0.1, 0.15) is 5.65 Å². The molecule has 3 atom stereocenters. The van der Waals surface area contributed by atoms with Crippen molar-refractivity contribution in [3.63, 3.8) is 0 Å². The van der Waals surface area contributed by atoms with Gasteiger partial charge in [0.25, 0.3) is 0 Å². The second-order valence-electron chi connectivity index (χ2n) is 5.47. The Morgan fingerprint density at radius 3 is 3.00 bits per heavy atom. The van der Waals surface area contributed by atoms with E-state index in [9.17, 15) is 5.11 Å². The van der Waals surface area contributed by atoms with Crippen molar-refractivity contribution in [1.29, 1.82) is 0 Å². The van der Waals surface area contributed by atoms with Crippen molar-refractivity contribution in [2.75, 3.05) is 0 Å². The molecule has 6 heteroatoms. The first-order chi connectivity index (χ1) is 10.3. The zero-order chi connectivity index (χ0) is 14.2. The molecule has 0 spiro atoms. The minimum Gasteiger partial charge on any atom is -0.391 e. The van der Waals surface area contributed by atoms with Crippen molar-refractivity contribution in [2.45, 2.75) is 31.2 Å². The fraction of sp³-hybridized carbons (Fsp3) is 0.333. The molecule has 4 rings (SSSR count). The van der Waals surface area contributed by atoms with Gasteiger partial charge in [-0.3, -0.25) is 4.68 Å². The van der Waals surface area contributed by atoms with E-state index in [0.29, 0.717) is 6.54 Å². The van der Waals surface area contributed by atoms with Gasteiger partial charge < -0.3 is 14.8 Å². The number of aliphatic hydroxyl groups is 1. The van der Waals surface area contributed by atoms with Crippen LogP contribution in [0.4, 0.5) is 0 Å². The number of aliphatic hydroxyl groups excluding tert-OH is 1. The van der Waals surface area contributed by atoms with Crippen molar-refractivity contribution in [1.82, 2.24) is 24.5 Å². The summed E-state index contributed by atoms with van der Waals surface area (Å²) in [6, 6.07) is 8.08. The molecular weight excluding hydrogens is 266 g/mol. The van der Waals surface area contributed by atoms with Crippen molar-refractivity contribution in [3.8, 4) is 0 Å². The summed E-state index contributed by atoms with van der Waals surface area (Å²) in [4.78, 5) is 4.57. The molecule has 3 aromatic rings. The topological polar surface area (TPSA) is 67.4 Å². The van der Waals surface area contributed by atoms with Crippen molar-refractivity contribution < 1.29 is 5.11 Å². The summed E-state index contributed by atoms with van der Waals surface area (Å²) in [5.41, 5.74) is 1.95. The first-order valence-electron chi connectivity index (χ1n) is 7.14. The van der Waals surface area contributed by atoms with E-state index in [1.165, 1.54) is 0 Å². The highest BCUT2D eigenvalue weighted by Crippen LogP contribution is 2.32. The van der Waals surface area contributed by atoms with Gasteiger partial charge in [0.05, 0.1) is 17.8 Å². The Hall–Kier alpha value is -2.18. The highest BCUT2D eigenvalue weighted by atomic mass is 16.3. The van der Waals surface area contributed by atoms with Gasteiger partial charge >= 0.3 is 0 Å². The summed E-state index contributed by atoms with van der Waals surface area (Å²) in [6.07, 6.45) is 8.07. The van der Waals surface area contributed by atoms with Crippen LogP contribution in [0.1, 0.15) is 18.2 Å². The van der Waals surface area contributed by atoms with Crippen LogP contribution >= 0.6 is 0 Å². The summed E-state index contributed by atoms with van der Waals surface area (Å²) in [7, 11) is 0. The smallest absolute Gasteiger partial charge is 0.137 e. The third-order valence-corrected chi connectivity index (χ3v) is 4.09. The lowest BCUT2D eigenvalue weighted by Crippen LogP contribution is -2.54. The molecule has 0 amide bonds. The van der Waals surface area contributed by atoms with Crippen LogP contribution in [0.3, 0.4) is 0 Å². The standard InChI is InChI=1S/C15H17N5O/c21-13-8-12(15(13)20-7-3-5-17-20)16-9-11-10-19-6-2-1-4-14(19)18-11/h1-7,10,12-13,15-16,21H,8-9H2/t12-,13+,15+/m0/s1. The lowest BCUT2D eigenvalue weighted by atomic mass is 9.83. The lowest BCUT2D eigenvalue weighted by Gasteiger charge is -2.42. The Morgan fingerprint density at radius 2 is 2.24 bits per heavy atom. The molecule has 0 aromatic carbocycles. The molecular formula is C15H17N5O. The van der Waals surface area contributed by atoms with Crippen LogP contribution in [0, 0.1) is 0 Å². The fourth-order valence-corrected chi connectivity index (χ4v) is 2.94. The number of nitrogens with zero attached hydrogens (tertiary/aromatic N) is 4. The molecule has 3 aromatic heterocycles. The highest BCUT2D eigenvalue weighted by Gasteiger charge is 2.41. The van der Waals surface area contributed by atoms with Crippen LogP contribution in [0.25, 0.3) is 5.65 Å². The quantitative estimate of drug-likeness (QED) is 0.749. The summed E-state index contributed by atoms with van der Waals surface area (Å²) < 4.78 is 3.84. The number of fused-ring (bicyclic) bond motifs is 1. The molecule has 21 heavy (non-hydrogen) atoms. The number of aromatic nitrogens is 4. The predicted molar refractivity (Wildman–Crippen MR) is 77.7 cm³/mol. The van der Waals surface area contributed by atoms with Crippen molar-refractivity contribution in [2.24, 2.45) is 0 Å². The maximum Gasteiger partial charge on any atom is 0.137 e. The first-order valence-corrected chi connectivity index (χ1v) is 7.14. The second kappa shape index (κ2) is 4.98. The Balaban J connectivity index is 1.44. The van der Waals surface area contributed by atoms with Crippen LogP contribution < -0.4 is 5.32 Å². The third kappa shape index (κ3) is 2.22. The fourth-order valence-electron chi connectivity index (χ4n) is 2.94. The van der Waals surface area contributed by atoms with E-state index >= 15 is 0 Å². The van der Waals surface area contributed by atoms with Gasteiger partial charge in [0, 0.05) is 37.4 Å². The SMILES string of the molecule is O[C@@H]1C[C@H](NCc2cn3ccccc3n2)[C@H]1n1cccn1. The van der Waals surface area contributed by atoms with Crippen molar-refractivity contribution >= 4 is 5.65 Å². The molecule has 6 nitrogen and oxygen atoms in total. The van der Waals surface area contributed by atoms with E-state index in [4.69, 9.17) is 0 Å². The van der Waals surface area contributed by atoms with Gasteiger partial charge in [0.15, 0.2) is 0 Å². The average molecular weight is 283 g/mol. The molecule has 1 aliphatic rings. The van der Waals surface area contributed by atoms with Crippen LogP contribution in [0.15, 0.2) is 49.1 Å². The van der Waals surface area contributed by atoms with E-state index in [1.807, 2.05) is 51.9 Å². The summed E-state index contributed by atoms with van der Waals surface area (Å²) >= 11 is 0. The largest absolute Gasteiger partial charge is 0.391 e. The Kier molecular flexibility index (Phi) is 2.98. The van der Waals surface area contributed by atoms with Crippen molar-refractivity contribution in [3.05, 3.63) is 54.7 Å². The number of hydrogen-bond acceptors (Lipinski definition) is 4. The van der Waals surface area contributed by atoms with Gasteiger partial charge in [-0.1, -0.05) is 6.07 Å². The zero-order valence-electron chi connectivity index (χ0n) is 11.5. The molecule has 1 saturated carbocycles. The predicted octanol–water partition coefficient (Wildman–Crippen LogP) is 0.995. The average Bonchev–Trinajstić information content (AvgIpc) is 3.11. The normalized spacial score (nSPS) is 25.1. The molecule has 3 heterocycles. The van der Waals surface area contributed by atoms with Crippen LogP contribution in [0.2, 0.25) is 0 Å². The molecule has 1 fully saturated rings. The number of rotatable bonds is 4. The number of hydrogen-bond donors (Lipinski definition) is 2. The maximum atomic E-state index is 9.94. The molecule has 1 aliphatic carbocycles. The third-order valence-electron chi connectivity index (χ3n) is 4.09. The minimum absolute atomic E-state index is 0.0111. The van der Waals surface area contributed by atoms with E-state index < -0.39 is 0 Å². The molecule has 0 aliphatic heterocycles. The summed E-state index contributed by atoms with van der Waals surface area (Å²) in [5.74, 6) is 0. The molecule has 0 radical (unpaired) electrons.